The van der Waals surface area contributed by atoms with Crippen LogP contribution in [0.15, 0.2) is 18.2 Å². The van der Waals surface area contributed by atoms with Crippen LogP contribution >= 0.6 is 11.6 Å². The maximum atomic E-state index is 13.9. The fraction of sp³-hybridized carbons (Fsp3) is 0.571. The third-order valence-corrected chi connectivity index (χ3v) is 3.92. The number of nitrogens with zero attached hydrogens (tertiary/aromatic N) is 1. The molecule has 0 amide bonds. The van der Waals surface area contributed by atoms with Crippen molar-refractivity contribution in [2.24, 2.45) is 0 Å². The lowest BCUT2D eigenvalue weighted by Crippen LogP contribution is -2.40. The standard InChI is InChI=1S/C14H19ClFNO/c1-18-13-6-5-11(14(16)8-13)10-17-7-3-2-4-12(17)9-15/h5-6,8,12H,2-4,7,9-10H2,1H3. The van der Waals surface area contributed by atoms with Crippen LogP contribution < -0.4 is 4.74 Å². The first kappa shape index (κ1) is 13.6. The molecule has 1 aliphatic heterocycles. The predicted octanol–water partition coefficient (Wildman–Crippen LogP) is 3.43. The van der Waals surface area contributed by atoms with Crippen LogP contribution in [0.2, 0.25) is 0 Å². The molecule has 0 saturated carbocycles. The fourth-order valence-corrected chi connectivity index (χ4v) is 2.79. The Bertz CT molecular complexity index is 399. The molecule has 1 aliphatic rings. The third kappa shape index (κ3) is 3.15. The average Bonchev–Trinajstić information content (AvgIpc) is 2.41. The SMILES string of the molecule is COc1ccc(CN2CCCCC2CCl)c(F)c1. The Morgan fingerprint density at radius 2 is 2.28 bits per heavy atom. The summed E-state index contributed by atoms with van der Waals surface area (Å²) in [5.41, 5.74) is 0.716. The predicted molar refractivity (Wildman–Crippen MR) is 71.7 cm³/mol. The molecule has 1 atom stereocenters. The van der Waals surface area contributed by atoms with E-state index < -0.39 is 0 Å². The molecule has 1 heterocycles. The van der Waals surface area contributed by atoms with Gasteiger partial charge in [-0.05, 0) is 25.5 Å². The maximum absolute atomic E-state index is 13.9. The summed E-state index contributed by atoms with van der Waals surface area (Å²) in [4.78, 5) is 2.28. The molecule has 0 N–H and O–H groups in total. The number of piperidine rings is 1. The molecular weight excluding hydrogens is 253 g/mol. The van der Waals surface area contributed by atoms with E-state index in [1.165, 1.54) is 18.9 Å². The van der Waals surface area contributed by atoms with Gasteiger partial charge in [-0.25, -0.2) is 4.39 Å². The molecule has 1 saturated heterocycles. The van der Waals surface area contributed by atoms with Gasteiger partial charge in [-0.1, -0.05) is 12.5 Å². The van der Waals surface area contributed by atoms with Gasteiger partial charge in [0.05, 0.1) is 7.11 Å². The van der Waals surface area contributed by atoms with Crippen molar-refractivity contribution in [3.8, 4) is 5.75 Å². The second-order valence-corrected chi connectivity index (χ2v) is 5.04. The van der Waals surface area contributed by atoms with Gasteiger partial charge in [0.1, 0.15) is 11.6 Å². The van der Waals surface area contributed by atoms with E-state index in [2.05, 4.69) is 4.90 Å². The minimum Gasteiger partial charge on any atom is -0.497 e. The van der Waals surface area contributed by atoms with E-state index in [4.69, 9.17) is 16.3 Å². The smallest absolute Gasteiger partial charge is 0.131 e. The lowest BCUT2D eigenvalue weighted by atomic mass is 10.0. The number of ether oxygens (including phenoxy) is 1. The van der Waals surface area contributed by atoms with Gasteiger partial charge in [0, 0.05) is 30.1 Å². The number of methoxy groups -OCH3 is 1. The first-order chi connectivity index (χ1) is 8.74. The van der Waals surface area contributed by atoms with Crippen molar-refractivity contribution in [2.45, 2.75) is 31.8 Å². The average molecular weight is 272 g/mol. The van der Waals surface area contributed by atoms with E-state index in [9.17, 15) is 4.39 Å². The van der Waals surface area contributed by atoms with Crippen molar-refractivity contribution in [3.63, 3.8) is 0 Å². The van der Waals surface area contributed by atoms with Gasteiger partial charge in [0.25, 0.3) is 0 Å². The second-order valence-electron chi connectivity index (χ2n) is 4.73. The summed E-state index contributed by atoms with van der Waals surface area (Å²) in [6, 6.07) is 5.42. The summed E-state index contributed by atoms with van der Waals surface area (Å²) in [6.45, 7) is 1.63. The maximum Gasteiger partial charge on any atom is 0.131 e. The van der Waals surface area contributed by atoms with Crippen LogP contribution in [-0.2, 0) is 6.54 Å². The quantitative estimate of drug-likeness (QED) is 0.778. The molecule has 0 aromatic heterocycles. The van der Waals surface area contributed by atoms with Crippen LogP contribution in [0.1, 0.15) is 24.8 Å². The van der Waals surface area contributed by atoms with Crippen molar-refractivity contribution in [1.82, 2.24) is 4.90 Å². The van der Waals surface area contributed by atoms with Crippen molar-refractivity contribution in [2.75, 3.05) is 19.5 Å². The van der Waals surface area contributed by atoms with Crippen molar-refractivity contribution < 1.29 is 9.13 Å². The van der Waals surface area contributed by atoms with Crippen LogP contribution in [0.3, 0.4) is 0 Å². The normalized spacial score (nSPS) is 20.9. The minimum absolute atomic E-state index is 0.201. The van der Waals surface area contributed by atoms with Crippen LogP contribution in [0.25, 0.3) is 0 Å². The highest BCUT2D eigenvalue weighted by atomic mass is 35.5. The monoisotopic (exact) mass is 271 g/mol. The summed E-state index contributed by atoms with van der Waals surface area (Å²) in [7, 11) is 1.54. The molecule has 0 bridgehead atoms. The molecule has 0 radical (unpaired) electrons. The second kappa shape index (κ2) is 6.39. The molecule has 1 fully saturated rings. The van der Waals surface area contributed by atoms with Gasteiger partial charge in [0.2, 0.25) is 0 Å². The summed E-state index contributed by atoms with van der Waals surface area (Å²) in [5, 5.41) is 0. The number of hydrogen-bond acceptors (Lipinski definition) is 2. The number of likely N-dealkylation sites (tertiary alicyclic amines) is 1. The van der Waals surface area contributed by atoms with Crippen LogP contribution in [0.4, 0.5) is 4.39 Å². The number of benzene rings is 1. The van der Waals surface area contributed by atoms with E-state index in [0.29, 0.717) is 29.8 Å². The Morgan fingerprint density at radius 1 is 1.44 bits per heavy atom. The molecule has 1 unspecified atom stereocenters. The zero-order valence-corrected chi connectivity index (χ0v) is 11.4. The highest BCUT2D eigenvalue weighted by molar-refractivity contribution is 6.18. The van der Waals surface area contributed by atoms with Gasteiger partial charge in [-0.2, -0.15) is 0 Å². The Labute approximate surface area is 113 Å². The highest BCUT2D eigenvalue weighted by Gasteiger charge is 2.22. The highest BCUT2D eigenvalue weighted by Crippen LogP contribution is 2.23. The number of rotatable bonds is 4. The molecule has 0 aliphatic carbocycles. The lowest BCUT2D eigenvalue weighted by Gasteiger charge is -2.34. The molecule has 18 heavy (non-hydrogen) atoms. The fourth-order valence-electron chi connectivity index (χ4n) is 2.44. The van der Waals surface area contributed by atoms with Gasteiger partial charge in [-0.15, -0.1) is 11.6 Å². The van der Waals surface area contributed by atoms with Crippen LogP contribution in [-0.4, -0.2) is 30.5 Å². The van der Waals surface area contributed by atoms with Crippen LogP contribution in [0.5, 0.6) is 5.75 Å². The van der Waals surface area contributed by atoms with E-state index >= 15 is 0 Å². The Kier molecular flexibility index (Phi) is 4.84. The largest absolute Gasteiger partial charge is 0.497 e. The first-order valence-corrected chi connectivity index (χ1v) is 6.90. The molecule has 100 valence electrons. The Morgan fingerprint density at radius 3 is 2.94 bits per heavy atom. The van der Waals surface area contributed by atoms with E-state index in [1.54, 1.807) is 19.2 Å². The Hall–Kier alpha value is -0.800. The molecule has 1 aromatic carbocycles. The Balaban J connectivity index is 2.07. The number of alkyl halides is 1. The van der Waals surface area contributed by atoms with E-state index in [-0.39, 0.29) is 5.82 Å². The zero-order chi connectivity index (χ0) is 13.0. The van der Waals surface area contributed by atoms with Gasteiger partial charge in [0.15, 0.2) is 0 Å². The third-order valence-electron chi connectivity index (χ3n) is 3.56. The summed E-state index contributed by atoms with van der Waals surface area (Å²) < 4.78 is 18.9. The van der Waals surface area contributed by atoms with Gasteiger partial charge < -0.3 is 4.74 Å². The first-order valence-electron chi connectivity index (χ1n) is 6.37. The molecule has 0 spiro atoms. The van der Waals surface area contributed by atoms with E-state index in [0.717, 1.165) is 13.0 Å². The topological polar surface area (TPSA) is 12.5 Å². The summed E-state index contributed by atoms with van der Waals surface area (Å²) in [6.07, 6.45) is 3.51. The molecule has 2 rings (SSSR count). The number of hydrogen-bond donors (Lipinski definition) is 0. The van der Waals surface area contributed by atoms with Gasteiger partial charge >= 0.3 is 0 Å². The van der Waals surface area contributed by atoms with Gasteiger partial charge in [-0.3, -0.25) is 4.90 Å². The molecule has 2 nitrogen and oxygen atoms in total. The van der Waals surface area contributed by atoms with Crippen molar-refractivity contribution in [3.05, 3.63) is 29.6 Å². The molecule has 4 heteroatoms. The molecule has 1 aromatic rings. The minimum atomic E-state index is -0.201. The summed E-state index contributed by atoms with van der Waals surface area (Å²) in [5.74, 6) is 0.981. The summed E-state index contributed by atoms with van der Waals surface area (Å²) >= 11 is 5.97. The molecular formula is C14H19ClFNO. The van der Waals surface area contributed by atoms with Crippen molar-refractivity contribution in [1.29, 1.82) is 0 Å². The van der Waals surface area contributed by atoms with E-state index in [1.807, 2.05) is 0 Å². The van der Waals surface area contributed by atoms with Crippen molar-refractivity contribution >= 4 is 11.6 Å². The number of halogens is 2. The van der Waals surface area contributed by atoms with Crippen LogP contribution in [0, 0.1) is 5.82 Å². The zero-order valence-electron chi connectivity index (χ0n) is 10.7. The lowest BCUT2D eigenvalue weighted by molar-refractivity contribution is 0.153.